The van der Waals surface area contributed by atoms with Crippen LogP contribution in [0.1, 0.15) is 43.4 Å². The molecule has 2 aromatic carbocycles. The smallest absolute Gasteiger partial charge is 0.0564 e. The monoisotopic (exact) mass is 324 g/mol. The van der Waals surface area contributed by atoms with Crippen LogP contribution < -0.4 is 5.32 Å². The van der Waals surface area contributed by atoms with Crippen LogP contribution in [0.15, 0.2) is 54.6 Å². The normalized spacial score (nSPS) is 17.6. The van der Waals surface area contributed by atoms with Crippen LogP contribution in [-0.4, -0.2) is 29.2 Å². The van der Waals surface area contributed by atoms with Crippen LogP contribution in [0.4, 0.5) is 5.69 Å². The predicted molar refractivity (Wildman–Crippen MR) is 100 cm³/mol. The Morgan fingerprint density at radius 3 is 2.54 bits per heavy atom. The van der Waals surface area contributed by atoms with Crippen molar-refractivity contribution in [2.75, 3.05) is 18.4 Å². The fourth-order valence-electron chi connectivity index (χ4n) is 3.40. The van der Waals surface area contributed by atoms with E-state index < -0.39 is 0 Å². The molecule has 3 rings (SSSR count). The second-order valence-corrected chi connectivity index (χ2v) is 6.72. The molecule has 1 saturated heterocycles. The van der Waals surface area contributed by atoms with E-state index in [2.05, 4.69) is 71.7 Å². The maximum absolute atomic E-state index is 9.63. The van der Waals surface area contributed by atoms with Gasteiger partial charge in [0.2, 0.25) is 0 Å². The van der Waals surface area contributed by atoms with E-state index in [-0.39, 0.29) is 6.10 Å². The molecule has 1 aliphatic heterocycles. The molecule has 3 heteroatoms. The van der Waals surface area contributed by atoms with E-state index in [1.807, 2.05) is 0 Å². The number of anilines is 1. The third-order valence-electron chi connectivity index (χ3n) is 4.84. The number of rotatable bonds is 6. The molecular weight excluding hydrogens is 296 g/mol. The van der Waals surface area contributed by atoms with Crippen LogP contribution in [0, 0.1) is 0 Å². The topological polar surface area (TPSA) is 35.5 Å². The Kier molecular flexibility index (Phi) is 5.89. The SMILES string of the molecule is CC[C@@H](Nc1cccc(CN2CCC(O)CC2)c1)c1ccccc1. The second kappa shape index (κ2) is 8.32. The summed E-state index contributed by atoms with van der Waals surface area (Å²) < 4.78 is 0. The molecule has 3 nitrogen and oxygen atoms in total. The lowest BCUT2D eigenvalue weighted by Gasteiger charge is -2.29. The highest BCUT2D eigenvalue weighted by Crippen LogP contribution is 2.23. The number of nitrogens with zero attached hydrogens (tertiary/aromatic N) is 1. The first-order chi connectivity index (χ1) is 11.7. The van der Waals surface area contributed by atoms with E-state index in [0.29, 0.717) is 6.04 Å². The van der Waals surface area contributed by atoms with Crippen molar-refractivity contribution in [1.29, 1.82) is 0 Å². The Morgan fingerprint density at radius 1 is 1.08 bits per heavy atom. The molecule has 0 saturated carbocycles. The molecule has 1 aliphatic rings. The van der Waals surface area contributed by atoms with Crippen LogP contribution in [0.25, 0.3) is 0 Å². The number of aliphatic hydroxyl groups is 1. The van der Waals surface area contributed by atoms with Gasteiger partial charge < -0.3 is 10.4 Å². The molecule has 1 atom stereocenters. The first-order valence-corrected chi connectivity index (χ1v) is 9.05. The molecule has 1 fully saturated rings. The first-order valence-electron chi connectivity index (χ1n) is 9.05. The van der Waals surface area contributed by atoms with E-state index in [0.717, 1.165) is 38.9 Å². The number of nitrogens with one attached hydrogen (secondary N) is 1. The molecule has 1 heterocycles. The summed E-state index contributed by atoms with van der Waals surface area (Å²) >= 11 is 0. The highest BCUT2D eigenvalue weighted by Gasteiger charge is 2.17. The van der Waals surface area contributed by atoms with Crippen LogP contribution in [0.5, 0.6) is 0 Å². The van der Waals surface area contributed by atoms with Crippen LogP contribution in [0.2, 0.25) is 0 Å². The van der Waals surface area contributed by atoms with E-state index >= 15 is 0 Å². The molecule has 0 bridgehead atoms. The first kappa shape index (κ1) is 17.0. The van der Waals surface area contributed by atoms with Crippen molar-refractivity contribution >= 4 is 5.69 Å². The highest BCUT2D eigenvalue weighted by atomic mass is 16.3. The van der Waals surface area contributed by atoms with Gasteiger partial charge >= 0.3 is 0 Å². The molecule has 0 spiro atoms. The zero-order chi connectivity index (χ0) is 16.8. The number of hydrogen-bond acceptors (Lipinski definition) is 3. The molecule has 2 aromatic rings. The molecular formula is C21H28N2O. The summed E-state index contributed by atoms with van der Waals surface area (Å²) in [4.78, 5) is 2.43. The van der Waals surface area contributed by atoms with Crippen molar-refractivity contribution < 1.29 is 5.11 Å². The average molecular weight is 324 g/mol. The minimum absolute atomic E-state index is 0.106. The van der Waals surface area contributed by atoms with Crippen LogP contribution in [0.3, 0.4) is 0 Å². The van der Waals surface area contributed by atoms with Crippen molar-refractivity contribution in [3.8, 4) is 0 Å². The van der Waals surface area contributed by atoms with Gasteiger partial charge in [-0.2, -0.15) is 0 Å². The molecule has 128 valence electrons. The lowest BCUT2D eigenvalue weighted by atomic mass is 10.0. The number of aliphatic hydroxyl groups excluding tert-OH is 1. The zero-order valence-electron chi connectivity index (χ0n) is 14.5. The van der Waals surface area contributed by atoms with Crippen molar-refractivity contribution in [2.45, 2.75) is 44.9 Å². The Labute approximate surface area is 145 Å². The van der Waals surface area contributed by atoms with Gasteiger partial charge in [0.15, 0.2) is 0 Å². The van der Waals surface area contributed by atoms with Gasteiger partial charge in [0.05, 0.1) is 12.1 Å². The Balaban J connectivity index is 1.64. The predicted octanol–water partition coefficient (Wildman–Crippen LogP) is 4.21. The summed E-state index contributed by atoms with van der Waals surface area (Å²) in [5.41, 5.74) is 3.84. The van der Waals surface area contributed by atoms with E-state index in [1.54, 1.807) is 0 Å². The van der Waals surface area contributed by atoms with E-state index in [4.69, 9.17) is 0 Å². The summed E-state index contributed by atoms with van der Waals surface area (Å²) in [6.45, 7) is 5.15. The molecule has 0 aliphatic carbocycles. The van der Waals surface area contributed by atoms with Crippen molar-refractivity contribution in [3.63, 3.8) is 0 Å². The lowest BCUT2D eigenvalue weighted by molar-refractivity contribution is 0.0792. The van der Waals surface area contributed by atoms with Crippen molar-refractivity contribution in [3.05, 3.63) is 65.7 Å². The molecule has 0 radical (unpaired) electrons. The maximum atomic E-state index is 9.63. The van der Waals surface area contributed by atoms with Gasteiger partial charge in [0.1, 0.15) is 0 Å². The van der Waals surface area contributed by atoms with Crippen LogP contribution >= 0.6 is 0 Å². The van der Waals surface area contributed by atoms with Crippen molar-refractivity contribution in [1.82, 2.24) is 4.90 Å². The summed E-state index contributed by atoms with van der Waals surface area (Å²) in [5, 5.41) is 13.3. The number of benzene rings is 2. The third kappa shape index (κ3) is 4.59. The number of likely N-dealkylation sites (tertiary alicyclic amines) is 1. The van der Waals surface area contributed by atoms with Gasteiger partial charge in [0.25, 0.3) is 0 Å². The summed E-state index contributed by atoms with van der Waals surface area (Å²) in [5.74, 6) is 0. The fourth-order valence-corrected chi connectivity index (χ4v) is 3.40. The summed E-state index contributed by atoms with van der Waals surface area (Å²) in [6.07, 6.45) is 2.73. The number of piperidine rings is 1. The minimum Gasteiger partial charge on any atom is -0.393 e. The van der Waals surface area contributed by atoms with Crippen molar-refractivity contribution in [2.24, 2.45) is 0 Å². The van der Waals surface area contributed by atoms with Gasteiger partial charge in [-0.1, -0.05) is 49.4 Å². The average Bonchev–Trinajstić information content (AvgIpc) is 2.63. The molecule has 2 N–H and O–H groups in total. The fraction of sp³-hybridized carbons (Fsp3) is 0.429. The summed E-state index contributed by atoms with van der Waals surface area (Å²) in [6, 6.07) is 19.7. The molecule has 0 unspecified atom stereocenters. The van der Waals surface area contributed by atoms with E-state index in [1.165, 1.54) is 16.8 Å². The van der Waals surface area contributed by atoms with Gasteiger partial charge in [-0.05, 0) is 42.5 Å². The van der Waals surface area contributed by atoms with Crippen LogP contribution in [-0.2, 0) is 6.54 Å². The van der Waals surface area contributed by atoms with Gasteiger partial charge in [-0.3, -0.25) is 4.90 Å². The minimum atomic E-state index is -0.106. The molecule has 0 aromatic heterocycles. The Morgan fingerprint density at radius 2 is 1.83 bits per heavy atom. The Hall–Kier alpha value is -1.84. The lowest BCUT2D eigenvalue weighted by Crippen LogP contribution is -2.35. The zero-order valence-corrected chi connectivity index (χ0v) is 14.5. The molecule has 0 amide bonds. The maximum Gasteiger partial charge on any atom is 0.0564 e. The van der Waals surface area contributed by atoms with Gasteiger partial charge in [0, 0.05) is 25.3 Å². The Bertz CT molecular complexity index is 621. The van der Waals surface area contributed by atoms with Gasteiger partial charge in [-0.15, -0.1) is 0 Å². The quantitative estimate of drug-likeness (QED) is 0.835. The summed E-state index contributed by atoms with van der Waals surface area (Å²) in [7, 11) is 0. The highest BCUT2D eigenvalue weighted by molar-refractivity contribution is 5.48. The largest absolute Gasteiger partial charge is 0.393 e. The third-order valence-corrected chi connectivity index (χ3v) is 4.84. The number of hydrogen-bond donors (Lipinski definition) is 2. The second-order valence-electron chi connectivity index (χ2n) is 6.72. The standard InChI is InChI=1S/C21H28N2O/c1-2-21(18-8-4-3-5-9-18)22-19-10-6-7-17(15-19)16-23-13-11-20(24)12-14-23/h3-10,15,20-22,24H,2,11-14,16H2,1H3/t21-/m1/s1. The molecule has 24 heavy (non-hydrogen) atoms. The van der Waals surface area contributed by atoms with Gasteiger partial charge in [-0.25, -0.2) is 0 Å². The van der Waals surface area contributed by atoms with E-state index in [9.17, 15) is 5.11 Å².